The van der Waals surface area contributed by atoms with Crippen LogP contribution in [0.15, 0.2) is 84.9 Å². The molecule has 0 amide bonds. The maximum Gasteiger partial charge on any atom is 0.131 e. The SMILES string of the molecule is Oc1ccccc1-c1cc(-c2ccccc2F)cc(-c2ccccc2O)n1. The van der Waals surface area contributed by atoms with Crippen LogP contribution in [0.5, 0.6) is 11.5 Å². The van der Waals surface area contributed by atoms with Crippen LogP contribution >= 0.6 is 0 Å². The van der Waals surface area contributed by atoms with Crippen molar-refractivity contribution in [2.24, 2.45) is 0 Å². The molecule has 0 saturated carbocycles. The zero-order valence-corrected chi connectivity index (χ0v) is 14.3. The molecule has 27 heavy (non-hydrogen) atoms. The van der Waals surface area contributed by atoms with Gasteiger partial charge in [0.25, 0.3) is 0 Å². The number of benzene rings is 3. The Labute approximate surface area is 156 Å². The number of para-hydroxylation sites is 2. The number of aromatic nitrogens is 1. The molecule has 4 rings (SSSR count). The number of phenols is 2. The van der Waals surface area contributed by atoms with Crippen LogP contribution in [0.25, 0.3) is 33.6 Å². The minimum Gasteiger partial charge on any atom is -0.507 e. The highest BCUT2D eigenvalue weighted by molar-refractivity contribution is 5.80. The quantitative estimate of drug-likeness (QED) is 0.499. The Morgan fingerprint density at radius 2 is 1.04 bits per heavy atom. The largest absolute Gasteiger partial charge is 0.507 e. The molecule has 3 aromatic carbocycles. The number of hydrogen-bond acceptors (Lipinski definition) is 3. The van der Waals surface area contributed by atoms with Crippen molar-refractivity contribution in [1.29, 1.82) is 0 Å². The lowest BCUT2D eigenvalue weighted by molar-refractivity contribution is 0.477. The smallest absolute Gasteiger partial charge is 0.131 e. The fourth-order valence-electron chi connectivity index (χ4n) is 3.04. The van der Waals surface area contributed by atoms with Crippen molar-refractivity contribution in [2.75, 3.05) is 0 Å². The number of rotatable bonds is 3. The first-order chi connectivity index (χ1) is 13.1. The Morgan fingerprint density at radius 3 is 1.52 bits per heavy atom. The van der Waals surface area contributed by atoms with E-state index in [4.69, 9.17) is 0 Å². The van der Waals surface area contributed by atoms with Gasteiger partial charge in [0.1, 0.15) is 17.3 Å². The average Bonchev–Trinajstić information content (AvgIpc) is 2.69. The zero-order chi connectivity index (χ0) is 18.8. The van der Waals surface area contributed by atoms with Gasteiger partial charge in [-0.05, 0) is 48.0 Å². The van der Waals surface area contributed by atoms with Crippen LogP contribution in [0.4, 0.5) is 4.39 Å². The summed E-state index contributed by atoms with van der Waals surface area (Å²) in [5.41, 5.74) is 3.09. The van der Waals surface area contributed by atoms with E-state index >= 15 is 0 Å². The molecule has 4 heteroatoms. The molecule has 3 nitrogen and oxygen atoms in total. The average molecular weight is 357 g/mol. The van der Waals surface area contributed by atoms with Gasteiger partial charge < -0.3 is 10.2 Å². The molecule has 0 aliphatic rings. The van der Waals surface area contributed by atoms with Crippen LogP contribution in [0, 0.1) is 5.82 Å². The number of pyridine rings is 1. The summed E-state index contributed by atoms with van der Waals surface area (Å²) in [7, 11) is 0. The van der Waals surface area contributed by atoms with E-state index in [1.807, 2.05) is 0 Å². The first-order valence-corrected chi connectivity index (χ1v) is 8.47. The van der Waals surface area contributed by atoms with Gasteiger partial charge in [-0.25, -0.2) is 9.37 Å². The lowest BCUT2D eigenvalue weighted by Gasteiger charge is -2.12. The van der Waals surface area contributed by atoms with Gasteiger partial charge in [-0.2, -0.15) is 0 Å². The van der Waals surface area contributed by atoms with Crippen LogP contribution in [0.3, 0.4) is 0 Å². The molecule has 2 N–H and O–H groups in total. The van der Waals surface area contributed by atoms with Gasteiger partial charge in [-0.1, -0.05) is 42.5 Å². The second-order valence-corrected chi connectivity index (χ2v) is 6.14. The summed E-state index contributed by atoms with van der Waals surface area (Å²) < 4.78 is 14.4. The van der Waals surface area contributed by atoms with Gasteiger partial charge in [-0.15, -0.1) is 0 Å². The first-order valence-electron chi connectivity index (χ1n) is 8.47. The minimum absolute atomic E-state index is 0.0823. The fourth-order valence-corrected chi connectivity index (χ4v) is 3.04. The maximum absolute atomic E-state index is 14.4. The van der Waals surface area contributed by atoms with E-state index in [9.17, 15) is 14.6 Å². The van der Waals surface area contributed by atoms with Gasteiger partial charge in [0.05, 0.1) is 11.4 Å². The molecule has 0 bridgehead atoms. The van der Waals surface area contributed by atoms with Gasteiger partial charge in [0.2, 0.25) is 0 Å². The summed E-state index contributed by atoms with van der Waals surface area (Å²) in [6.45, 7) is 0. The molecular weight excluding hydrogens is 341 g/mol. The van der Waals surface area contributed by atoms with E-state index in [1.165, 1.54) is 6.07 Å². The Hall–Kier alpha value is -3.66. The molecule has 0 radical (unpaired) electrons. The first kappa shape index (κ1) is 16.8. The van der Waals surface area contributed by atoms with Crippen molar-refractivity contribution >= 4 is 0 Å². The Morgan fingerprint density at radius 1 is 0.593 bits per heavy atom. The standard InChI is InChI=1S/C23H16FNO2/c24-19-10-4-1-7-16(19)15-13-20(17-8-2-5-11-22(17)26)25-21(14-15)18-9-3-6-12-23(18)27/h1-14,26-27H. The summed E-state index contributed by atoms with van der Waals surface area (Å²) in [6.07, 6.45) is 0. The third-order valence-corrected chi connectivity index (χ3v) is 4.37. The highest BCUT2D eigenvalue weighted by Crippen LogP contribution is 2.36. The van der Waals surface area contributed by atoms with Crippen molar-refractivity contribution in [1.82, 2.24) is 4.98 Å². The second kappa shape index (κ2) is 6.92. The summed E-state index contributed by atoms with van der Waals surface area (Å²) >= 11 is 0. The van der Waals surface area contributed by atoms with Crippen LogP contribution in [-0.4, -0.2) is 15.2 Å². The van der Waals surface area contributed by atoms with E-state index in [2.05, 4.69) is 4.98 Å². The summed E-state index contributed by atoms with van der Waals surface area (Å²) in [4.78, 5) is 4.61. The normalized spacial score (nSPS) is 10.7. The van der Waals surface area contributed by atoms with E-state index in [0.717, 1.165) is 0 Å². The number of hydrogen-bond donors (Lipinski definition) is 2. The summed E-state index contributed by atoms with van der Waals surface area (Å²) in [5.74, 6) is -0.187. The monoisotopic (exact) mass is 357 g/mol. The van der Waals surface area contributed by atoms with E-state index in [-0.39, 0.29) is 17.3 Å². The van der Waals surface area contributed by atoms with Crippen molar-refractivity contribution in [3.63, 3.8) is 0 Å². The lowest BCUT2D eigenvalue weighted by atomic mass is 9.99. The highest BCUT2D eigenvalue weighted by Gasteiger charge is 2.14. The number of aromatic hydroxyl groups is 2. The topological polar surface area (TPSA) is 53.4 Å². The van der Waals surface area contributed by atoms with Crippen LogP contribution in [0.1, 0.15) is 0 Å². The molecule has 0 atom stereocenters. The molecule has 4 aromatic rings. The molecule has 0 aliphatic heterocycles. The van der Waals surface area contributed by atoms with Crippen molar-refractivity contribution in [3.05, 3.63) is 90.7 Å². The molecule has 0 unspecified atom stereocenters. The molecule has 132 valence electrons. The predicted molar refractivity (Wildman–Crippen MR) is 104 cm³/mol. The third kappa shape index (κ3) is 3.25. The molecule has 1 aromatic heterocycles. The zero-order valence-electron chi connectivity index (χ0n) is 14.3. The van der Waals surface area contributed by atoms with Crippen LogP contribution in [-0.2, 0) is 0 Å². The molecule has 0 spiro atoms. The van der Waals surface area contributed by atoms with Gasteiger partial charge in [0.15, 0.2) is 0 Å². The van der Waals surface area contributed by atoms with E-state index in [0.29, 0.717) is 33.6 Å². The van der Waals surface area contributed by atoms with Crippen molar-refractivity contribution in [3.8, 4) is 45.1 Å². The van der Waals surface area contributed by atoms with Crippen molar-refractivity contribution in [2.45, 2.75) is 0 Å². The summed E-state index contributed by atoms with van der Waals surface area (Å²) in [5, 5.41) is 20.5. The molecule has 0 aliphatic carbocycles. The summed E-state index contributed by atoms with van der Waals surface area (Å²) in [6, 6.07) is 23.6. The number of halogens is 1. The van der Waals surface area contributed by atoms with Crippen LogP contribution in [0.2, 0.25) is 0 Å². The molecule has 0 fully saturated rings. The molecule has 0 saturated heterocycles. The third-order valence-electron chi connectivity index (χ3n) is 4.37. The maximum atomic E-state index is 14.4. The minimum atomic E-state index is -0.352. The lowest BCUT2D eigenvalue weighted by Crippen LogP contribution is -1.93. The Kier molecular flexibility index (Phi) is 4.30. The Balaban J connectivity index is 1.99. The van der Waals surface area contributed by atoms with Crippen LogP contribution < -0.4 is 0 Å². The van der Waals surface area contributed by atoms with Gasteiger partial charge in [-0.3, -0.25) is 0 Å². The highest BCUT2D eigenvalue weighted by atomic mass is 19.1. The van der Waals surface area contributed by atoms with Crippen molar-refractivity contribution < 1.29 is 14.6 Å². The van der Waals surface area contributed by atoms with Gasteiger partial charge in [0, 0.05) is 16.7 Å². The molecule has 1 heterocycles. The van der Waals surface area contributed by atoms with E-state index < -0.39 is 0 Å². The van der Waals surface area contributed by atoms with Gasteiger partial charge >= 0.3 is 0 Å². The van der Waals surface area contributed by atoms with E-state index in [1.54, 1.807) is 78.9 Å². The molecular formula is C23H16FNO2. The number of nitrogens with zero attached hydrogens (tertiary/aromatic N) is 1. The fraction of sp³-hybridized carbons (Fsp3) is 0. The second-order valence-electron chi connectivity index (χ2n) is 6.14. The number of phenolic OH excluding ortho intramolecular Hbond substituents is 2. The predicted octanol–water partition coefficient (Wildman–Crippen LogP) is 5.63. The Bertz CT molecular complexity index is 971.